The van der Waals surface area contributed by atoms with Gasteiger partial charge in [0.05, 0.1) is 11.6 Å². The number of benzene rings is 3. The summed E-state index contributed by atoms with van der Waals surface area (Å²) in [6, 6.07) is 18.1. The molecule has 1 saturated heterocycles. The van der Waals surface area contributed by atoms with Crippen LogP contribution >= 0.6 is 0 Å². The van der Waals surface area contributed by atoms with E-state index in [1.54, 1.807) is 4.90 Å². The molecule has 1 unspecified atom stereocenters. The monoisotopic (exact) mass is 372 g/mol. The Balaban J connectivity index is 1.57. The van der Waals surface area contributed by atoms with Crippen LogP contribution in [0.25, 0.3) is 10.8 Å². The van der Waals surface area contributed by atoms with Crippen molar-refractivity contribution in [3.05, 3.63) is 71.3 Å². The third kappa shape index (κ3) is 3.26. The molecule has 4 nitrogen and oxygen atoms in total. The lowest BCUT2D eigenvalue weighted by Gasteiger charge is -2.19. The SMILES string of the molecule is Cc1cc(C)c(NC(=O)C2CC(=O)N(c3cccc4ccccc34)C2)c(C)c1. The second kappa shape index (κ2) is 7.12. The maximum absolute atomic E-state index is 12.9. The molecule has 1 heterocycles. The fourth-order valence-electron chi connectivity index (χ4n) is 4.16. The van der Waals surface area contributed by atoms with Gasteiger partial charge in [-0.25, -0.2) is 0 Å². The number of aryl methyl sites for hydroxylation is 3. The lowest BCUT2D eigenvalue weighted by atomic mass is 10.0. The Morgan fingerprint density at radius 1 is 1.00 bits per heavy atom. The molecule has 2 amide bonds. The molecule has 1 fully saturated rings. The minimum absolute atomic E-state index is 0.00569. The Morgan fingerprint density at radius 3 is 2.43 bits per heavy atom. The predicted octanol–water partition coefficient (Wildman–Crippen LogP) is 4.76. The molecule has 4 heteroatoms. The van der Waals surface area contributed by atoms with E-state index in [0.29, 0.717) is 6.54 Å². The molecule has 0 aliphatic carbocycles. The fraction of sp³-hybridized carbons (Fsp3) is 0.250. The molecule has 0 radical (unpaired) electrons. The summed E-state index contributed by atoms with van der Waals surface area (Å²) in [6.07, 6.45) is 0.235. The van der Waals surface area contributed by atoms with E-state index >= 15 is 0 Å². The van der Waals surface area contributed by atoms with Crippen LogP contribution in [0.15, 0.2) is 54.6 Å². The molecule has 3 aromatic rings. The van der Waals surface area contributed by atoms with E-state index in [4.69, 9.17) is 0 Å². The molecule has 0 bridgehead atoms. The summed E-state index contributed by atoms with van der Waals surface area (Å²) >= 11 is 0. The normalized spacial score (nSPS) is 16.6. The summed E-state index contributed by atoms with van der Waals surface area (Å²) in [6.45, 7) is 6.45. The zero-order chi connectivity index (χ0) is 19.8. The van der Waals surface area contributed by atoms with Gasteiger partial charge in [0.2, 0.25) is 11.8 Å². The van der Waals surface area contributed by atoms with Gasteiger partial charge in [0.1, 0.15) is 0 Å². The van der Waals surface area contributed by atoms with Crippen molar-refractivity contribution >= 4 is 34.0 Å². The number of amides is 2. The number of fused-ring (bicyclic) bond motifs is 1. The molecule has 0 aromatic heterocycles. The van der Waals surface area contributed by atoms with Crippen LogP contribution in [0.2, 0.25) is 0 Å². The summed E-state index contributed by atoms with van der Waals surface area (Å²) < 4.78 is 0. The Labute approximate surface area is 165 Å². The summed E-state index contributed by atoms with van der Waals surface area (Å²) in [7, 11) is 0. The van der Waals surface area contributed by atoms with Crippen LogP contribution in [-0.4, -0.2) is 18.4 Å². The maximum Gasteiger partial charge on any atom is 0.229 e. The number of hydrogen-bond acceptors (Lipinski definition) is 2. The van der Waals surface area contributed by atoms with Crippen molar-refractivity contribution in [3.8, 4) is 0 Å². The molecule has 1 aliphatic heterocycles. The number of anilines is 2. The maximum atomic E-state index is 12.9. The summed E-state index contributed by atoms with van der Waals surface area (Å²) in [5.74, 6) is -0.452. The van der Waals surface area contributed by atoms with Crippen molar-refractivity contribution in [2.24, 2.45) is 5.92 Å². The van der Waals surface area contributed by atoms with Crippen molar-refractivity contribution in [1.29, 1.82) is 0 Å². The van der Waals surface area contributed by atoms with Crippen molar-refractivity contribution < 1.29 is 9.59 Å². The van der Waals surface area contributed by atoms with E-state index in [-0.39, 0.29) is 24.2 Å². The zero-order valence-electron chi connectivity index (χ0n) is 16.5. The van der Waals surface area contributed by atoms with Gasteiger partial charge in [0.25, 0.3) is 0 Å². The minimum Gasteiger partial charge on any atom is -0.325 e. The number of nitrogens with zero attached hydrogens (tertiary/aromatic N) is 1. The molecule has 4 rings (SSSR count). The van der Waals surface area contributed by atoms with Crippen LogP contribution in [0.3, 0.4) is 0 Å². The minimum atomic E-state index is -0.355. The highest BCUT2D eigenvalue weighted by Gasteiger charge is 2.36. The summed E-state index contributed by atoms with van der Waals surface area (Å²) in [4.78, 5) is 27.4. The largest absolute Gasteiger partial charge is 0.325 e. The van der Waals surface area contributed by atoms with Gasteiger partial charge in [-0.15, -0.1) is 0 Å². The highest BCUT2D eigenvalue weighted by Crippen LogP contribution is 2.32. The van der Waals surface area contributed by atoms with Gasteiger partial charge < -0.3 is 10.2 Å². The molecule has 28 heavy (non-hydrogen) atoms. The molecule has 1 atom stereocenters. The van der Waals surface area contributed by atoms with Gasteiger partial charge in [0, 0.05) is 24.0 Å². The van der Waals surface area contributed by atoms with Crippen molar-refractivity contribution in [2.45, 2.75) is 27.2 Å². The lowest BCUT2D eigenvalue weighted by molar-refractivity contribution is -0.122. The molecule has 142 valence electrons. The first-order valence-corrected chi connectivity index (χ1v) is 9.61. The standard InChI is InChI=1S/C24H24N2O2/c1-15-11-16(2)23(17(3)12-15)25-24(28)19-13-22(27)26(14-19)21-10-6-8-18-7-4-5-9-20(18)21/h4-12,19H,13-14H2,1-3H3,(H,25,28). The Morgan fingerprint density at radius 2 is 1.68 bits per heavy atom. The van der Waals surface area contributed by atoms with Gasteiger partial charge in [-0.2, -0.15) is 0 Å². The van der Waals surface area contributed by atoms with Gasteiger partial charge >= 0.3 is 0 Å². The first-order valence-electron chi connectivity index (χ1n) is 9.61. The molecule has 0 saturated carbocycles. The highest BCUT2D eigenvalue weighted by molar-refractivity contribution is 6.08. The average molecular weight is 372 g/mol. The number of hydrogen-bond donors (Lipinski definition) is 1. The van der Waals surface area contributed by atoms with Gasteiger partial charge in [-0.1, -0.05) is 54.1 Å². The van der Waals surface area contributed by atoms with Gasteiger partial charge in [-0.3, -0.25) is 9.59 Å². The van der Waals surface area contributed by atoms with E-state index in [0.717, 1.165) is 33.3 Å². The van der Waals surface area contributed by atoms with E-state index in [1.807, 2.05) is 63.2 Å². The van der Waals surface area contributed by atoms with Gasteiger partial charge in [-0.05, 0) is 43.4 Å². The molecule has 3 aromatic carbocycles. The van der Waals surface area contributed by atoms with Crippen molar-refractivity contribution in [1.82, 2.24) is 0 Å². The molecule has 1 aliphatic rings. The Kier molecular flexibility index (Phi) is 4.63. The van der Waals surface area contributed by atoms with Crippen LogP contribution in [0, 0.1) is 26.7 Å². The third-order valence-corrected chi connectivity index (χ3v) is 5.48. The molecular weight excluding hydrogens is 348 g/mol. The van der Waals surface area contributed by atoms with Crippen LogP contribution in [-0.2, 0) is 9.59 Å². The lowest BCUT2D eigenvalue weighted by Crippen LogP contribution is -2.28. The Hall–Kier alpha value is -3.14. The number of carbonyl (C=O) groups is 2. The van der Waals surface area contributed by atoms with E-state index < -0.39 is 0 Å². The smallest absolute Gasteiger partial charge is 0.229 e. The highest BCUT2D eigenvalue weighted by atomic mass is 16.2. The summed E-state index contributed by atoms with van der Waals surface area (Å²) in [5.41, 5.74) is 4.99. The number of carbonyl (C=O) groups excluding carboxylic acids is 2. The van der Waals surface area contributed by atoms with Gasteiger partial charge in [0.15, 0.2) is 0 Å². The van der Waals surface area contributed by atoms with Crippen LogP contribution in [0.1, 0.15) is 23.1 Å². The van der Waals surface area contributed by atoms with Crippen molar-refractivity contribution in [3.63, 3.8) is 0 Å². The fourth-order valence-corrected chi connectivity index (χ4v) is 4.16. The number of rotatable bonds is 3. The molecule has 0 spiro atoms. The van der Waals surface area contributed by atoms with Crippen molar-refractivity contribution in [2.75, 3.05) is 16.8 Å². The first kappa shape index (κ1) is 18.2. The zero-order valence-corrected chi connectivity index (χ0v) is 16.5. The predicted molar refractivity (Wildman–Crippen MR) is 114 cm³/mol. The topological polar surface area (TPSA) is 49.4 Å². The second-order valence-corrected chi connectivity index (χ2v) is 7.67. The van der Waals surface area contributed by atoms with E-state index in [2.05, 4.69) is 17.4 Å². The second-order valence-electron chi connectivity index (χ2n) is 7.67. The number of nitrogens with one attached hydrogen (secondary N) is 1. The average Bonchev–Trinajstić information content (AvgIpc) is 3.05. The molecular formula is C24H24N2O2. The molecule has 1 N–H and O–H groups in total. The van der Waals surface area contributed by atoms with Crippen LogP contribution in [0.4, 0.5) is 11.4 Å². The van der Waals surface area contributed by atoms with E-state index in [1.165, 1.54) is 5.56 Å². The third-order valence-electron chi connectivity index (χ3n) is 5.48. The summed E-state index contributed by atoms with van der Waals surface area (Å²) in [5, 5.41) is 5.18. The quantitative estimate of drug-likeness (QED) is 0.721. The first-order chi connectivity index (χ1) is 13.4. The Bertz CT molecular complexity index is 1060. The van der Waals surface area contributed by atoms with Crippen LogP contribution in [0.5, 0.6) is 0 Å². The van der Waals surface area contributed by atoms with Crippen LogP contribution < -0.4 is 10.2 Å². The van der Waals surface area contributed by atoms with E-state index in [9.17, 15) is 9.59 Å².